The predicted octanol–water partition coefficient (Wildman–Crippen LogP) is 7.06. The average molecular weight is 372 g/mol. The van der Waals surface area contributed by atoms with Gasteiger partial charge in [-0.05, 0) is 55.7 Å². The zero-order valence-electron chi connectivity index (χ0n) is 14.4. The zero-order valence-corrected chi connectivity index (χ0v) is 15.3. The van der Waals surface area contributed by atoms with Crippen molar-refractivity contribution in [1.29, 1.82) is 0 Å². The molecular formula is C20H24F4S. The molecule has 0 aliphatic heterocycles. The minimum absolute atomic E-state index is 0.0338. The Labute approximate surface area is 152 Å². The molecule has 0 aromatic rings. The lowest BCUT2D eigenvalue weighted by Crippen LogP contribution is -2.15. The molecule has 0 amide bonds. The molecule has 0 atom stereocenters. The van der Waals surface area contributed by atoms with E-state index in [2.05, 4.69) is 32.4 Å². The van der Waals surface area contributed by atoms with Gasteiger partial charge in [0, 0.05) is 16.4 Å². The maximum atomic E-state index is 14.4. The number of hydrogen-bond donors (Lipinski definition) is 1. The van der Waals surface area contributed by atoms with Crippen LogP contribution in [0.15, 0.2) is 72.2 Å². The van der Waals surface area contributed by atoms with Crippen molar-refractivity contribution >= 4 is 12.6 Å². The van der Waals surface area contributed by atoms with E-state index in [1.165, 1.54) is 6.08 Å². The highest BCUT2D eigenvalue weighted by molar-refractivity contribution is 7.80. The van der Waals surface area contributed by atoms with Gasteiger partial charge in [0.1, 0.15) is 5.83 Å². The Morgan fingerprint density at radius 1 is 1.04 bits per heavy atom. The summed E-state index contributed by atoms with van der Waals surface area (Å²) in [4.78, 5) is 0. The molecule has 0 aromatic heterocycles. The molecule has 0 unspecified atom stereocenters. The molecule has 1 fully saturated rings. The Morgan fingerprint density at radius 3 is 2.08 bits per heavy atom. The van der Waals surface area contributed by atoms with E-state index in [0.29, 0.717) is 5.25 Å². The van der Waals surface area contributed by atoms with Gasteiger partial charge in [0.05, 0.1) is 0 Å². The Bertz CT molecular complexity index is 612. The third-order valence-electron chi connectivity index (χ3n) is 4.32. The second kappa shape index (κ2) is 9.27. The average Bonchev–Trinajstić information content (AvgIpc) is 2.56. The molecule has 0 bridgehead atoms. The van der Waals surface area contributed by atoms with Crippen molar-refractivity contribution in [2.75, 3.05) is 0 Å². The summed E-state index contributed by atoms with van der Waals surface area (Å²) in [5.41, 5.74) is -0.110. The van der Waals surface area contributed by atoms with Crippen molar-refractivity contribution in [1.82, 2.24) is 0 Å². The van der Waals surface area contributed by atoms with Gasteiger partial charge in [-0.25, -0.2) is 4.39 Å². The van der Waals surface area contributed by atoms with Crippen LogP contribution in [0.25, 0.3) is 0 Å². The van der Waals surface area contributed by atoms with E-state index < -0.39 is 17.6 Å². The first kappa shape index (κ1) is 21.6. The number of alkyl halides is 3. The molecule has 0 radical (unpaired) electrons. The van der Waals surface area contributed by atoms with Crippen molar-refractivity contribution in [3.05, 3.63) is 72.2 Å². The molecule has 1 aliphatic rings. The third kappa shape index (κ3) is 6.73. The van der Waals surface area contributed by atoms with Crippen LogP contribution in [-0.4, -0.2) is 11.4 Å². The Morgan fingerprint density at radius 2 is 1.60 bits per heavy atom. The number of halogens is 4. The second-order valence-electron chi connectivity index (χ2n) is 6.15. The highest BCUT2D eigenvalue weighted by atomic mass is 32.1. The van der Waals surface area contributed by atoms with Gasteiger partial charge in [0.25, 0.3) is 0 Å². The molecule has 0 spiro atoms. The van der Waals surface area contributed by atoms with Gasteiger partial charge in [-0.1, -0.05) is 38.0 Å². The lowest BCUT2D eigenvalue weighted by atomic mass is 9.83. The summed E-state index contributed by atoms with van der Waals surface area (Å²) in [5.74, 6) is -0.325. The molecule has 25 heavy (non-hydrogen) atoms. The normalized spacial score (nSPS) is 23.0. The van der Waals surface area contributed by atoms with Crippen LogP contribution in [0.1, 0.15) is 32.6 Å². The van der Waals surface area contributed by atoms with Crippen molar-refractivity contribution in [3.8, 4) is 0 Å². The lowest BCUT2D eigenvalue weighted by molar-refractivity contribution is -0.0878. The minimum Gasteiger partial charge on any atom is -0.206 e. The highest BCUT2D eigenvalue weighted by Crippen LogP contribution is 2.34. The Kier molecular flexibility index (Phi) is 8.00. The van der Waals surface area contributed by atoms with E-state index in [9.17, 15) is 17.6 Å². The SMILES string of the molecule is C=C(/C=C\C(=C)C(F)(F)F)C(=C)/C(F)=C\C(=C/C)C1CCC(S)CC1. The van der Waals surface area contributed by atoms with E-state index in [-0.39, 0.29) is 17.1 Å². The van der Waals surface area contributed by atoms with E-state index >= 15 is 0 Å². The topological polar surface area (TPSA) is 0 Å². The maximum Gasteiger partial charge on any atom is 0.415 e. The number of rotatable bonds is 6. The summed E-state index contributed by atoms with van der Waals surface area (Å²) in [7, 11) is 0. The summed E-state index contributed by atoms with van der Waals surface area (Å²) in [6, 6.07) is 0. The van der Waals surface area contributed by atoms with Gasteiger partial charge in [-0.15, -0.1) is 0 Å². The Balaban J connectivity index is 2.79. The molecule has 138 valence electrons. The van der Waals surface area contributed by atoms with Gasteiger partial charge in [0.2, 0.25) is 0 Å². The molecule has 0 nitrogen and oxygen atoms in total. The fraction of sp³-hybridized carbons (Fsp3) is 0.400. The smallest absolute Gasteiger partial charge is 0.206 e. The number of thiol groups is 1. The fourth-order valence-corrected chi connectivity index (χ4v) is 2.93. The number of allylic oxidation sites excluding steroid dienone is 9. The summed E-state index contributed by atoms with van der Waals surface area (Å²) in [6.45, 7) is 11.9. The van der Waals surface area contributed by atoms with E-state index in [0.717, 1.165) is 43.4 Å². The van der Waals surface area contributed by atoms with Gasteiger partial charge < -0.3 is 0 Å². The van der Waals surface area contributed by atoms with Crippen LogP contribution >= 0.6 is 12.6 Å². The molecule has 1 saturated carbocycles. The number of hydrogen-bond acceptors (Lipinski definition) is 1. The van der Waals surface area contributed by atoms with Gasteiger partial charge in [-0.3, -0.25) is 0 Å². The quantitative estimate of drug-likeness (QED) is 0.288. The summed E-state index contributed by atoms with van der Waals surface area (Å²) in [6.07, 6.45) is 4.44. The molecule has 5 heteroatoms. The second-order valence-corrected chi connectivity index (χ2v) is 6.88. The predicted molar refractivity (Wildman–Crippen MR) is 100 cm³/mol. The van der Waals surface area contributed by atoms with Crippen LogP contribution in [0.2, 0.25) is 0 Å². The first-order chi connectivity index (χ1) is 11.6. The molecule has 0 N–H and O–H groups in total. The van der Waals surface area contributed by atoms with Gasteiger partial charge in [-0.2, -0.15) is 25.8 Å². The standard InChI is InChI=1S/C20H24F4S/c1-5-16(17-8-10-18(25)11-9-17)12-19(21)15(4)13(2)6-7-14(3)20(22,23)24/h5-7,12,17-18,25H,2-4,8-11H2,1H3/b7-6-,16-5+,19-12+. The Hall–Kier alpha value is -1.49. The van der Waals surface area contributed by atoms with E-state index in [1.54, 1.807) is 0 Å². The van der Waals surface area contributed by atoms with Crippen molar-refractivity contribution in [2.45, 2.75) is 44.0 Å². The molecule has 1 aliphatic carbocycles. The minimum atomic E-state index is -4.52. The summed E-state index contributed by atoms with van der Waals surface area (Å²) < 4.78 is 51.7. The first-order valence-corrected chi connectivity index (χ1v) is 8.62. The molecule has 0 aromatic carbocycles. The van der Waals surface area contributed by atoms with Crippen LogP contribution in [0.5, 0.6) is 0 Å². The highest BCUT2D eigenvalue weighted by Gasteiger charge is 2.29. The first-order valence-electron chi connectivity index (χ1n) is 8.10. The van der Waals surface area contributed by atoms with Crippen LogP contribution in [0, 0.1) is 5.92 Å². The van der Waals surface area contributed by atoms with Gasteiger partial charge in [0.15, 0.2) is 0 Å². The molecule has 1 rings (SSSR count). The van der Waals surface area contributed by atoms with Crippen molar-refractivity contribution < 1.29 is 17.6 Å². The molecular weight excluding hydrogens is 348 g/mol. The van der Waals surface area contributed by atoms with Crippen LogP contribution in [-0.2, 0) is 0 Å². The van der Waals surface area contributed by atoms with Crippen LogP contribution in [0.4, 0.5) is 17.6 Å². The van der Waals surface area contributed by atoms with Crippen molar-refractivity contribution in [2.24, 2.45) is 5.92 Å². The summed E-state index contributed by atoms with van der Waals surface area (Å²) in [5, 5.41) is 0.393. The van der Waals surface area contributed by atoms with Gasteiger partial charge >= 0.3 is 6.18 Å². The zero-order chi connectivity index (χ0) is 19.2. The van der Waals surface area contributed by atoms with E-state index in [1.807, 2.05) is 13.0 Å². The van der Waals surface area contributed by atoms with Crippen molar-refractivity contribution in [3.63, 3.8) is 0 Å². The van der Waals surface area contributed by atoms with Crippen LogP contribution in [0.3, 0.4) is 0 Å². The van der Waals surface area contributed by atoms with E-state index in [4.69, 9.17) is 0 Å². The molecule has 0 heterocycles. The summed E-state index contributed by atoms with van der Waals surface area (Å²) >= 11 is 4.46. The lowest BCUT2D eigenvalue weighted by Gasteiger charge is -2.26. The van der Waals surface area contributed by atoms with Crippen LogP contribution < -0.4 is 0 Å². The largest absolute Gasteiger partial charge is 0.415 e. The molecule has 0 saturated heterocycles. The fourth-order valence-electron chi connectivity index (χ4n) is 2.63. The maximum absolute atomic E-state index is 14.4. The monoisotopic (exact) mass is 372 g/mol. The third-order valence-corrected chi connectivity index (χ3v) is 4.84.